The molecule has 1 fully saturated rings. The van der Waals surface area contributed by atoms with E-state index >= 15 is 0 Å². The maximum atomic E-state index is 11.7. The fourth-order valence-electron chi connectivity index (χ4n) is 1.74. The lowest BCUT2D eigenvalue weighted by molar-refractivity contribution is -0.129. The predicted octanol–water partition coefficient (Wildman–Crippen LogP) is 1.64. The van der Waals surface area contributed by atoms with Crippen molar-refractivity contribution < 1.29 is 4.79 Å². The van der Waals surface area contributed by atoms with E-state index in [1.165, 1.54) is 0 Å². The van der Waals surface area contributed by atoms with Gasteiger partial charge in [0.15, 0.2) is 4.84 Å². The Labute approximate surface area is 101 Å². The number of rotatable bonds is 2. The van der Waals surface area contributed by atoms with E-state index in [9.17, 15) is 4.79 Å². The number of nitrogens with one attached hydrogen (secondary N) is 1. The molecule has 5 heteroatoms. The van der Waals surface area contributed by atoms with Crippen LogP contribution < -0.4 is 5.32 Å². The quantitative estimate of drug-likeness (QED) is 0.759. The third-order valence-electron chi connectivity index (χ3n) is 2.73. The Balaban J connectivity index is 2.60. The van der Waals surface area contributed by atoms with E-state index in [4.69, 9.17) is 23.2 Å². The second kappa shape index (κ2) is 5.92. The van der Waals surface area contributed by atoms with Crippen LogP contribution in [0.5, 0.6) is 0 Å². The van der Waals surface area contributed by atoms with Gasteiger partial charge in [0.2, 0.25) is 0 Å². The molecule has 1 rings (SSSR count). The highest BCUT2D eigenvalue weighted by Crippen LogP contribution is 2.13. The van der Waals surface area contributed by atoms with Crippen LogP contribution in [-0.2, 0) is 4.79 Å². The van der Waals surface area contributed by atoms with E-state index in [2.05, 4.69) is 19.2 Å². The van der Waals surface area contributed by atoms with Gasteiger partial charge in [-0.1, -0.05) is 37.0 Å². The Morgan fingerprint density at radius 3 is 2.67 bits per heavy atom. The molecule has 1 heterocycles. The molecule has 3 nitrogen and oxygen atoms in total. The zero-order valence-electron chi connectivity index (χ0n) is 9.17. The van der Waals surface area contributed by atoms with Gasteiger partial charge in [0.25, 0.3) is 5.91 Å². The van der Waals surface area contributed by atoms with Crippen molar-refractivity contribution in [2.75, 3.05) is 19.6 Å². The maximum absolute atomic E-state index is 11.7. The molecule has 1 amide bonds. The summed E-state index contributed by atoms with van der Waals surface area (Å²) in [6, 6.07) is 0.337. The molecule has 0 bridgehead atoms. The van der Waals surface area contributed by atoms with Gasteiger partial charge in [-0.25, -0.2) is 0 Å². The van der Waals surface area contributed by atoms with Gasteiger partial charge in [-0.05, 0) is 18.9 Å². The summed E-state index contributed by atoms with van der Waals surface area (Å²) < 4.78 is 0. The number of alkyl halides is 2. The lowest BCUT2D eigenvalue weighted by Crippen LogP contribution is -2.44. The number of nitrogens with zero attached hydrogens (tertiary/aromatic N) is 1. The highest BCUT2D eigenvalue weighted by atomic mass is 35.5. The minimum absolute atomic E-state index is 0.173. The average Bonchev–Trinajstić information content (AvgIpc) is 2.41. The van der Waals surface area contributed by atoms with Gasteiger partial charge in [0, 0.05) is 19.1 Å². The smallest absolute Gasteiger partial charge is 0.255 e. The molecule has 0 saturated carbocycles. The normalized spacial score (nSPS) is 23.3. The molecule has 0 aromatic heterocycles. The lowest BCUT2D eigenvalue weighted by Gasteiger charge is -2.27. The SMILES string of the molecule is CC(C)C1CN(C(=O)C(Cl)Cl)CCCN1. The van der Waals surface area contributed by atoms with Crippen LogP contribution >= 0.6 is 23.2 Å². The van der Waals surface area contributed by atoms with Crippen molar-refractivity contribution >= 4 is 29.1 Å². The molecule has 1 atom stereocenters. The Bertz CT molecular complexity index is 221. The van der Waals surface area contributed by atoms with Crippen molar-refractivity contribution in [3.05, 3.63) is 0 Å². The monoisotopic (exact) mass is 252 g/mol. The first-order valence-corrected chi connectivity index (χ1v) is 6.20. The summed E-state index contributed by atoms with van der Waals surface area (Å²) in [7, 11) is 0. The predicted molar refractivity (Wildman–Crippen MR) is 63.3 cm³/mol. The Kier molecular flexibility index (Phi) is 5.16. The van der Waals surface area contributed by atoms with Crippen LogP contribution in [0.1, 0.15) is 20.3 Å². The van der Waals surface area contributed by atoms with Gasteiger partial charge in [0.1, 0.15) is 0 Å². The molecule has 88 valence electrons. The molecule has 15 heavy (non-hydrogen) atoms. The lowest BCUT2D eigenvalue weighted by atomic mass is 10.0. The molecular weight excluding hydrogens is 235 g/mol. The zero-order valence-corrected chi connectivity index (χ0v) is 10.7. The Morgan fingerprint density at radius 1 is 1.47 bits per heavy atom. The highest BCUT2D eigenvalue weighted by Gasteiger charge is 2.26. The van der Waals surface area contributed by atoms with Crippen molar-refractivity contribution in [1.82, 2.24) is 10.2 Å². The molecule has 1 aliphatic rings. The van der Waals surface area contributed by atoms with Crippen LogP contribution in [0.25, 0.3) is 0 Å². The van der Waals surface area contributed by atoms with Crippen LogP contribution in [0.4, 0.5) is 0 Å². The average molecular weight is 253 g/mol. The number of hydrogen-bond donors (Lipinski definition) is 1. The number of hydrogen-bond acceptors (Lipinski definition) is 2. The zero-order chi connectivity index (χ0) is 11.4. The van der Waals surface area contributed by atoms with E-state index < -0.39 is 4.84 Å². The van der Waals surface area contributed by atoms with E-state index in [0.717, 1.165) is 19.5 Å². The molecule has 1 unspecified atom stereocenters. The highest BCUT2D eigenvalue weighted by molar-refractivity contribution is 6.53. The fraction of sp³-hybridized carbons (Fsp3) is 0.900. The maximum Gasteiger partial charge on any atom is 0.255 e. The van der Waals surface area contributed by atoms with Crippen LogP contribution in [0.15, 0.2) is 0 Å². The number of carbonyl (C=O) groups excluding carboxylic acids is 1. The van der Waals surface area contributed by atoms with Gasteiger partial charge >= 0.3 is 0 Å². The summed E-state index contributed by atoms with van der Waals surface area (Å²) >= 11 is 11.2. The van der Waals surface area contributed by atoms with E-state index in [-0.39, 0.29) is 5.91 Å². The van der Waals surface area contributed by atoms with Crippen molar-refractivity contribution in [3.63, 3.8) is 0 Å². The van der Waals surface area contributed by atoms with Crippen molar-refractivity contribution in [2.24, 2.45) is 5.92 Å². The summed E-state index contributed by atoms with van der Waals surface area (Å²) in [6.07, 6.45) is 0.954. The first kappa shape index (κ1) is 13.1. The van der Waals surface area contributed by atoms with Crippen molar-refractivity contribution in [3.8, 4) is 0 Å². The summed E-state index contributed by atoms with van der Waals surface area (Å²) in [4.78, 5) is 12.5. The summed E-state index contributed by atoms with van der Waals surface area (Å²) in [5.74, 6) is 0.329. The van der Waals surface area contributed by atoms with E-state index in [1.54, 1.807) is 4.90 Å². The van der Waals surface area contributed by atoms with Gasteiger partial charge in [-0.3, -0.25) is 4.79 Å². The van der Waals surface area contributed by atoms with Gasteiger partial charge in [-0.15, -0.1) is 0 Å². The van der Waals surface area contributed by atoms with Gasteiger partial charge < -0.3 is 10.2 Å². The van der Waals surface area contributed by atoms with Crippen LogP contribution in [0, 0.1) is 5.92 Å². The van der Waals surface area contributed by atoms with Crippen molar-refractivity contribution in [1.29, 1.82) is 0 Å². The summed E-state index contributed by atoms with van der Waals surface area (Å²) in [6.45, 7) is 6.67. The number of carbonyl (C=O) groups is 1. The molecule has 0 radical (unpaired) electrons. The molecular formula is C10H18Cl2N2O. The van der Waals surface area contributed by atoms with Crippen molar-refractivity contribution in [2.45, 2.75) is 31.1 Å². The van der Waals surface area contributed by atoms with E-state index in [0.29, 0.717) is 18.5 Å². The Morgan fingerprint density at radius 2 is 2.13 bits per heavy atom. The second-order valence-corrected chi connectivity index (χ2v) is 5.34. The van der Waals surface area contributed by atoms with Gasteiger partial charge in [0.05, 0.1) is 0 Å². The van der Waals surface area contributed by atoms with Gasteiger partial charge in [-0.2, -0.15) is 0 Å². The fourth-order valence-corrected chi connectivity index (χ4v) is 2.01. The third kappa shape index (κ3) is 3.82. The van der Waals surface area contributed by atoms with Crippen LogP contribution in [0.3, 0.4) is 0 Å². The first-order valence-electron chi connectivity index (χ1n) is 5.32. The molecule has 1 saturated heterocycles. The van der Waals surface area contributed by atoms with Crippen LogP contribution in [0.2, 0.25) is 0 Å². The molecule has 0 aromatic rings. The topological polar surface area (TPSA) is 32.3 Å². The standard InChI is InChI=1S/C10H18Cl2N2O/c1-7(2)8-6-14(5-3-4-13-8)10(15)9(11)12/h7-9,13H,3-6H2,1-2H3. The number of halogens is 2. The summed E-state index contributed by atoms with van der Waals surface area (Å²) in [5, 5.41) is 3.42. The van der Waals surface area contributed by atoms with E-state index in [1.807, 2.05) is 0 Å². The largest absolute Gasteiger partial charge is 0.339 e. The minimum Gasteiger partial charge on any atom is -0.339 e. The molecule has 0 aromatic carbocycles. The second-order valence-electron chi connectivity index (χ2n) is 4.24. The number of amides is 1. The van der Waals surface area contributed by atoms with Crippen LogP contribution in [-0.4, -0.2) is 41.3 Å². The molecule has 1 aliphatic heterocycles. The minimum atomic E-state index is -0.934. The Hall–Kier alpha value is 0.01000. The molecule has 0 spiro atoms. The first-order chi connectivity index (χ1) is 7.02. The third-order valence-corrected chi connectivity index (χ3v) is 3.10. The molecule has 1 N–H and O–H groups in total. The summed E-state index contributed by atoms with van der Waals surface area (Å²) in [5.41, 5.74) is 0. The molecule has 0 aliphatic carbocycles.